The van der Waals surface area contributed by atoms with Gasteiger partial charge in [-0.25, -0.2) is 0 Å². The molecule has 19 heavy (non-hydrogen) atoms. The van der Waals surface area contributed by atoms with Gasteiger partial charge in [-0.15, -0.1) is 31.1 Å². The van der Waals surface area contributed by atoms with Crippen molar-refractivity contribution in [2.75, 3.05) is 25.1 Å². The Labute approximate surface area is 115 Å². The van der Waals surface area contributed by atoms with Gasteiger partial charge < -0.3 is 9.30 Å². The zero-order valence-electron chi connectivity index (χ0n) is 11.1. The van der Waals surface area contributed by atoms with Crippen LogP contribution < -0.4 is 0 Å². The first kappa shape index (κ1) is 17.4. The van der Waals surface area contributed by atoms with Crippen molar-refractivity contribution in [2.45, 2.75) is 25.7 Å². The van der Waals surface area contributed by atoms with E-state index in [0.717, 1.165) is 0 Å². The second kappa shape index (κ2) is 10.3. The third kappa shape index (κ3) is 9.02. The van der Waals surface area contributed by atoms with Crippen molar-refractivity contribution in [1.82, 2.24) is 0 Å². The van der Waals surface area contributed by atoms with E-state index in [9.17, 15) is 9.36 Å². The number of esters is 1. The number of hydrogen-bond acceptors (Lipinski definition) is 3. The molecule has 102 valence electrons. The van der Waals surface area contributed by atoms with Crippen molar-refractivity contribution >= 4 is 13.1 Å². The van der Waals surface area contributed by atoms with Crippen LogP contribution in [0.2, 0.25) is 0 Å². The summed E-state index contributed by atoms with van der Waals surface area (Å²) in [6.45, 7) is -0.0897. The van der Waals surface area contributed by atoms with E-state index in [1.165, 1.54) is 0 Å². The summed E-state index contributed by atoms with van der Waals surface area (Å²) in [5.41, 5.74) is 0. The maximum Gasteiger partial charge on any atom is 0.314 e. The average Bonchev–Trinajstić information content (AvgIpc) is 2.37. The molecule has 0 aromatic carbocycles. The van der Waals surface area contributed by atoms with Gasteiger partial charge in [-0.1, -0.05) is 5.92 Å². The van der Waals surface area contributed by atoms with E-state index in [-0.39, 0.29) is 12.8 Å². The van der Waals surface area contributed by atoms with Crippen molar-refractivity contribution < 1.29 is 14.1 Å². The van der Waals surface area contributed by atoms with Crippen molar-refractivity contribution in [1.29, 1.82) is 0 Å². The van der Waals surface area contributed by atoms with Crippen LogP contribution in [0.3, 0.4) is 0 Å². The Morgan fingerprint density at radius 1 is 1.00 bits per heavy atom. The van der Waals surface area contributed by atoms with Crippen molar-refractivity contribution in [2.24, 2.45) is 0 Å². The van der Waals surface area contributed by atoms with Crippen molar-refractivity contribution in [3.05, 3.63) is 0 Å². The van der Waals surface area contributed by atoms with Crippen molar-refractivity contribution in [3.63, 3.8) is 0 Å². The van der Waals surface area contributed by atoms with E-state index in [0.29, 0.717) is 38.0 Å². The van der Waals surface area contributed by atoms with Crippen LogP contribution in [-0.2, 0) is 14.1 Å². The summed E-state index contributed by atoms with van der Waals surface area (Å²) in [6.07, 6.45) is 18.6. The van der Waals surface area contributed by atoms with Gasteiger partial charge in [0, 0.05) is 25.2 Å². The van der Waals surface area contributed by atoms with Crippen molar-refractivity contribution in [3.8, 4) is 37.0 Å². The molecule has 0 spiro atoms. The molecule has 4 heteroatoms. The fourth-order valence-corrected chi connectivity index (χ4v) is 4.18. The smallest absolute Gasteiger partial charge is 0.314 e. The highest BCUT2D eigenvalue weighted by Crippen LogP contribution is 2.47. The molecular weight excluding hydrogens is 259 g/mol. The van der Waals surface area contributed by atoms with Crippen LogP contribution in [0.1, 0.15) is 25.7 Å². The lowest BCUT2D eigenvalue weighted by Crippen LogP contribution is -2.13. The first-order valence-corrected chi connectivity index (χ1v) is 8.37. The zero-order chi connectivity index (χ0) is 14.6. The lowest BCUT2D eigenvalue weighted by atomic mass is 10.3. The van der Waals surface area contributed by atoms with E-state index in [1.807, 2.05) is 0 Å². The summed E-state index contributed by atoms with van der Waals surface area (Å²) in [4.78, 5) is 11.5. The average molecular weight is 278 g/mol. The maximum atomic E-state index is 12.6. The molecule has 0 amide bonds. The molecule has 0 N–H and O–H groups in total. The molecule has 0 aromatic rings. The van der Waals surface area contributed by atoms with Gasteiger partial charge in [0.1, 0.15) is 0 Å². The summed E-state index contributed by atoms with van der Waals surface area (Å²) < 4.78 is 17.4. The molecule has 0 unspecified atom stereocenters. The van der Waals surface area contributed by atoms with Crippen LogP contribution >= 0.6 is 7.14 Å². The lowest BCUT2D eigenvalue weighted by Gasteiger charge is -2.16. The Morgan fingerprint density at radius 3 is 1.95 bits per heavy atom. The van der Waals surface area contributed by atoms with Crippen LogP contribution in [0.4, 0.5) is 0 Å². The first-order valence-electron chi connectivity index (χ1n) is 6.11. The molecule has 0 aliphatic carbocycles. The van der Waals surface area contributed by atoms with Crippen LogP contribution in [-0.4, -0.2) is 31.1 Å². The first-order chi connectivity index (χ1) is 9.08. The van der Waals surface area contributed by atoms with E-state index in [1.54, 1.807) is 0 Å². The Hall–Kier alpha value is -1.62. The van der Waals surface area contributed by atoms with Crippen LogP contribution in [0.25, 0.3) is 0 Å². The Morgan fingerprint density at radius 2 is 1.53 bits per heavy atom. The third-order valence-electron chi connectivity index (χ3n) is 2.51. The summed E-state index contributed by atoms with van der Waals surface area (Å²) in [6, 6.07) is 0. The molecule has 0 aromatic heterocycles. The Bertz CT molecular complexity index is 421. The van der Waals surface area contributed by atoms with E-state index in [4.69, 9.17) is 24.0 Å². The normalized spacial score (nSPS) is 9.95. The molecular formula is C15H19O3P. The zero-order valence-corrected chi connectivity index (χ0v) is 12.0. The van der Waals surface area contributed by atoms with E-state index >= 15 is 0 Å². The van der Waals surface area contributed by atoms with Gasteiger partial charge in [-0.3, -0.25) is 4.79 Å². The minimum atomic E-state index is -2.61. The fraction of sp³-hybridized carbons (Fsp3) is 0.533. The number of hydrogen-bond donors (Lipinski definition) is 0. The second-order valence-electron chi connectivity index (χ2n) is 4.14. The monoisotopic (exact) mass is 278 g/mol. The Balaban J connectivity index is 4.44. The second-order valence-corrected chi connectivity index (χ2v) is 7.47. The standard InChI is InChI=1S/C15H19O3P/c1-4-7-9-12-19(17,13-10-8-5-2)14-15(16)18-11-6-3/h1-3H,7-14H2. The summed E-state index contributed by atoms with van der Waals surface area (Å²) in [7, 11) is -2.61. The number of carbonyl (C=O) groups excluding carboxylic acids is 1. The molecule has 0 aliphatic rings. The predicted octanol–water partition coefficient (Wildman–Crippen LogP) is 2.35. The van der Waals surface area contributed by atoms with Gasteiger partial charge in [0.05, 0.1) is 13.3 Å². The van der Waals surface area contributed by atoms with E-state index in [2.05, 4.69) is 17.8 Å². The van der Waals surface area contributed by atoms with Crippen LogP contribution in [0, 0.1) is 37.0 Å². The van der Waals surface area contributed by atoms with Gasteiger partial charge >= 0.3 is 5.97 Å². The number of terminal acetylenes is 3. The molecule has 0 heterocycles. The van der Waals surface area contributed by atoms with E-state index < -0.39 is 13.1 Å². The minimum absolute atomic E-state index is 0.0795. The highest BCUT2D eigenvalue weighted by atomic mass is 31.2. The van der Waals surface area contributed by atoms with Gasteiger partial charge in [0.15, 0.2) is 6.61 Å². The molecule has 0 rings (SSSR count). The summed E-state index contributed by atoms with van der Waals surface area (Å²) >= 11 is 0. The molecule has 0 saturated carbocycles. The highest BCUT2D eigenvalue weighted by molar-refractivity contribution is 7.64. The Kier molecular flexibility index (Phi) is 9.44. The molecule has 0 saturated heterocycles. The molecule has 0 bridgehead atoms. The number of unbranched alkanes of at least 4 members (excludes halogenated alkanes) is 2. The summed E-state index contributed by atoms with van der Waals surface area (Å²) in [5, 5.41) is 0. The molecule has 0 aliphatic heterocycles. The van der Waals surface area contributed by atoms with Crippen LogP contribution in [0.15, 0.2) is 0 Å². The van der Waals surface area contributed by atoms with Gasteiger partial charge in [-0.2, -0.15) is 0 Å². The summed E-state index contributed by atoms with van der Waals surface area (Å²) in [5.74, 6) is 6.69. The van der Waals surface area contributed by atoms with Crippen LogP contribution in [0.5, 0.6) is 0 Å². The van der Waals surface area contributed by atoms with Gasteiger partial charge in [0.2, 0.25) is 0 Å². The lowest BCUT2D eigenvalue weighted by molar-refractivity contribution is -0.139. The quantitative estimate of drug-likeness (QED) is 0.281. The number of ether oxygens (including phenoxy) is 1. The minimum Gasteiger partial charge on any atom is -0.452 e. The molecule has 3 nitrogen and oxygen atoms in total. The fourth-order valence-electron chi connectivity index (χ4n) is 1.61. The topological polar surface area (TPSA) is 43.4 Å². The molecule has 0 atom stereocenters. The van der Waals surface area contributed by atoms with Gasteiger partial charge in [0.25, 0.3) is 0 Å². The SMILES string of the molecule is C#CCCCP(=O)(CCCC#C)CC(=O)OCC#C. The predicted molar refractivity (Wildman–Crippen MR) is 78.1 cm³/mol. The van der Waals surface area contributed by atoms with Gasteiger partial charge in [-0.05, 0) is 12.8 Å². The molecule has 0 radical (unpaired) electrons. The maximum absolute atomic E-state index is 12.6. The number of rotatable bonds is 9. The largest absolute Gasteiger partial charge is 0.452 e. The molecule has 0 fully saturated rings. The highest BCUT2D eigenvalue weighted by Gasteiger charge is 2.25. The third-order valence-corrected chi connectivity index (χ3v) is 5.60. The number of carbonyl (C=O) groups is 1.